The molecule has 0 aliphatic rings. The first-order chi connectivity index (χ1) is 12.9. The normalized spacial score (nSPS) is 13.2. The second-order valence-corrected chi connectivity index (χ2v) is 8.01. The molecule has 12 heteroatoms. The van der Waals surface area contributed by atoms with Crippen LogP contribution in [0.4, 0.5) is 13.2 Å². The number of carboxylic acids is 1. The number of hydrogen-bond donors (Lipinski definition) is 2. The van der Waals surface area contributed by atoms with Crippen LogP contribution in [0.1, 0.15) is 5.56 Å². The average Bonchev–Trinajstić information content (AvgIpc) is 2.56. The molecule has 2 aromatic carbocycles. The fourth-order valence-electron chi connectivity index (χ4n) is 2.16. The lowest BCUT2D eigenvalue weighted by molar-refractivity contribution is -0.274. The van der Waals surface area contributed by atoms with E-state index in [1.165, 1.54) is 18.2 Å². The van der Waals surface area contributed by atoms with E-state index in [1.54, 1.807) is 0 Å². The number of ether oxygens (including phenoxy) is 1. The molecule has 2 rings (SSSR count). The van der Waals surface area contributed by atoms with E-state index in [4.69, 9.17) is 23.2 Å². The number of carbonyl (C=O) groups is 1. The third-order valence-corrected chi connectivity index (χ3v) is 5.61. The van der Waals surface area contributed by atoms with Gasteiger partial charge in [0.2, 0.25) is 10.0 Å². The summed E-state index contributed by atoms with van der Waals surface area (Å²) in [7, 11) is -4.33. The number of halogens is 5. The number of benzene rings is 2. The van der Waals surface area contributed by atoms with Crippen LogP contribution in [0, 0.1) is 0 Å². The van der Waals surface area contributed by atoms with Crippen LogP contribution in [0.15, 0.2) is 47.4 Å². The van der Waals surface area contributed by atoms with E-state index >= 15 is 0 Å². The Morgan fingerprint density at radius 3 is 2.21 bits per heavy atom. The van der Waals surface area contributed by atoms with Gasteiger partial charge < -0.3 is 9.84 Å². The van der Waals surface area contributed by atoms with Crippen molar-refractivity contribution >= 4 is 39.2 Å². The highest BCUT2D eigenvalue weighted by atomic mass is 35.5. The standard InChI is InChI=1S/C16H12Cl2F3NO5S/c17-12-6-1-9(7-13(12)18)8-14(15(23)24)22-28(25,26)11-4-2-10(3-5-11)27-16(19,20)21/h1-7,14,22H,8H2,(H,23,24)/t14-/m0/s1. The molecule has 0 saturated heterocycles. The Balaban J connectivity index is 2.18. The van der Waals surface area contributed by atoms with Crippen molar-refractivity contribution in [2.45, 2.75) is 23.7 Å². The van der Waals surface area contributed by atoms with Gasteiger partial charge in [0.15, 0.2) is 0 Å². The van der Waals surface area contributed by atoms with Crippen molar-refractivity contribution in [2.24, 2.45) is 0 Å². The largest absolute Gasteiger partial charge is 0.573 e. The van der Waals surface area contributed by atoms with E-state index in [0.717, 1.165) is 24.3 Å². The Bertz CT molecular complexity index is 965. The second kappa shape index (κ2) is 8.56. The maximum atomic E-state index is 12.4. The Labute approximate surface area is 167 Å². The lowest BCUT2D eigenvalue weighted by atomic mass is 10.1. The van der Waals surface area contributed by atoms with Gasteiger partial charge in [-0.3, -0.25) is 4.79 Å². The number of rotatable bonds is 7. The van der Waals surface area contributed by atoms with Gasteiger partial charge in [-0.05, 0) is 48.4 Å². The Kier molecular flexibility index (Phi) is 6.81. The molecule has 0 aromatic heterocycles. The summed E-state index contributed by atoms with van der Waals surface area (Å²) in [5.74, 6) is -2.07. The van der Waals surface area contributed by atoms with E-state index < -0.39 is 39.0 Å². The Morgan fingerprint density at radius 2 is 1.71 bits per heavy atom. The number of hydrogen-bond acceptors (Lipinski definition) is 4. The summed E-state index contributed by atoms with van der Waals surface area (Å²) >= 11 is 11.6. The van der Waals surface area contributed by atoms with Crippen LogP contribution in [-0.4, -0.2) is 31.9 Å². The highest BCUT2D eigenvalue weighted by molar-refractivity contribution is 7.89. The number of aliphatic carboxylic acids is 1. The molecule has 0 fully saturated rings. The third-order valence-electron chi connectivity index (χ3n) is 3.39. The van der Waals surface area contributed by atoms with Crippen LogP contribution in [0.2, 0.25) is 10.0 Å². The fraction of sp³-hybridized carbons (Fsp3) is 0.188. The van der Waals surface area contributed by atoms with E-state index in [0.29, 0.717) is 5.56 Å². The molecule has 0 spiro atoms. The second-order valence-electron chi connectivity index (χ2n) is 5.48. The predicted molar refractivity (Wildman–Crippen MR) is 95.0 cm³/mol. The smallest absolute Gasteiger partial charge is 0.480 e. The minimum atomic E-state index is -4.92. The summed E-state index contributed by atoms with van der Waals surface area (Å²) in [6.07, 6.45) is -5.16. The summed E-state index contributed by atoms with van der Waals surface area (Å²) in [5, 5.41) is 9.73. The molecule has 0 heterocycles. The molecule has 1 atom stereocenters. The van der Waals surface area contributed by atoms with Crippen LogP contribution >= 0.6 is 23.2 Å². The van der Waals surface area contributed by atoms with E-state index in [2.05, 4.69) is 4.74 Å². The predicted octanol–water partition coefficient (Wildman–Crippen LogP) is 3.87. The third kappa shape index (κ3) is 6.26. The number of sulfonamides is 1. The first-order valence-electron chi connectivity index (χ1n) is 7.42. The van der Waals surface area contributed by atoms with Crippen LogP contribution in [0.3, 0.4) is 0 Å². The van der Waals surface area contributed by atoms with Gasteiger partial charge in [0, 0.05) is 0 Å². The van der Waals surface area contributed by atoms with Crippen LogP contribution < -0.4 is 9.46 Å². The van der Waals surface area contributed by atoms with E-state index in [-0.39, 0.29) is 16.5 Å². The fourth-order valence-corrected chi connectivity index (χ4v) is 3.67. The van der Waals surface area contributed by atoms with Gasteiger partial charge in [0.05, 0.1) is 14.9 Å². The van der Waals surface area contributed by atoms with Gasteiger partial charge in [-0.25, -0.2) is 8.42 Å². The molecule has 0 aliphatic heterocycles. The van der Waals surface area contributed by atoms with Gasteiger partial charge in [0.25, 0.3) is 0 Å². The minimum Gasteiger partial charge on any atom is -0.480 e. The molecule has 0 aliphatic carbocycles. The zero-order valence-electron chi connectivity index (χ0n) is 13.7. The number of alkyl halides is 3. The topological polar surface area (TPSA) is 92.7 Å². The minimum absolute atomic E-state index is 0.173. The molecular formula is C16H12Cl2F3NO5S. The van der Waals surface area contributed by atoms with Crippen LogP contribution in [-0.2, 0) is 21.2 Å². The van der Waals surface area contributed by atoms with Crippen molar-refractivity contribution in [2.75, 3.05) is 0 Å². The SMILES string of the molecule is O=C(O)[C@H](Cc1ccc(Cl)c(Cl)c1)NS(=O)(=O)c1ccc(OC(F)(F)F)cc1. The summed E-state index contributed by atoms with van der Waals surface area (Å²) in [6, 6.07) is 6.11. The van der Waals surface area contributed by atoms with E-state index in [9.17, 15) is 31.5 Å². The Morgan fingerprint density at radius 1 is 1.11 bits per heavy atom. The summed E-state index contributed by atoms with van der Waals surface area (Å²) in [5.41, 5.74) is 0.415. The van der Waals surface area contributed by atoms with Gasteiger partial charge in [0.1, 0.15) is 11.8 Å². The van der Waals surface area contributed by atoms with Crippen LogP contribution in [0.5, 0.6) is 5.75 Å². The van der Waals surface area contributed by atoms with Crippen LogP contribution in [0.25, 0.3) is 0 Å². The molecule has 0 radical (unpaired) electrons. The molecule has 6 nitrogen and oxygen atoms in total. The highest BCUT2D eigenvalue weighted by Gasteiger charge is 2.31. The van der Waals surface area contributed by atoms with Gasteiger partial charge in [-0.2, -0.15) is 4.72 Å². The van der Waals surface area contributed by atoms with Crippen molar-refractivity contribution in [3.8, 4) is 5.75 Å². The maximum absolute atomic E-state index is 12.4. The van der Waals surface area contributed by atoms with Gasteiger partial charge >= 0.3 is 12.3 Å². The van der Waals surface area contributed by atoms with Gasteiger partial charge in [-0.15, -0.1) is 13.2 Å². The van der Waals surface area contributed by atoms with E-state index in [1.807, 2.05) is 4.72 Å². The summed E-state index contributed by atoms with van der Waals surface area (Å²) in [4.78, 5) is 11.0. The molecule has 0 amide bonds. The zero-order valence-corrected chi connectivity index (χ0v) is 16.0. The lowest BCUT2D eigenvalue weighted by Crippen LogP contribution is -2.42. The number of nitrogens with one attached hydrogen (secondary N) is 1. The molecule has 2 N–H and O–H groups in total. The molecular weight excluding hydrogens is 446 g/mol. The molecule has 0 unspecified atom stereocenters. The molecule has 0 saturated carbocycles. The highest BCUT2D eigenvalue weighted by Crippen LogP contribution is 2.25. The van der Waals surface area contributed by atoms with Crippen molar-refractivity contribution in [1.29, 1.82) is 0 Å². The first kappa shape index (κ1) is 22.3. The maximum Gasteiger partial charge on any atom is 0.573 e. The van der Waals surface area contributed by atoms with Crippen molar-refractivity contribution in [3.05, 3.63) is 58.1 Å². The molecule has 28 heavy (non-hydrogen) atoms. The van der Waals surface area contributed by atoms with Crippen molar-refractivity contribution in [1.82, 2.24) is 4.72 Å². The quantitative estimate of drug-likeness (QED) is 0.658. The Hall–Kier alpha value is -2.01. The average molecular weight is 458 g/mol. The molecule has 152 valence electrons. The van der Waals surface area contributed by atoms with Gasteiger partial charge in [-0.1, -0.05) is 29.3 Å². The van der Waals surface area contributed by atoms with Crippen molar-refractivity contribution in [3.63, 3.8) is 0 Å². The summed E-state index contributed by atoms with van der Waals surface area (Å²) in [6.45, 7) is 0. The lowest BCUT2D eigenvalue weighted by Gasteiger charge is -2.16. The number of carboxylic acid groups (broad SMARTS) is 1. The first-order valence-corrected chi connectivity index (χ1v) is 9.66. The monoisotopic (exact) mass is 457 g/mol. The summed E-state index contributed by atoms with van der Waals surface area (Å²) < 4.78 is 66.9. The molecule has 0 bridgehead atoms. The zero-order chi connectivity index (χ0) is 21.1. The van der Waals surface area contributed by atoms with Crippen molar-refractivity contribution < 1.29 is 36.2 Å². The molecule has 2 aromatic rings.